The van der Waals surface area contributed by atoms with Gasteiger partial charge in [0, 0.05) is 10.7 Å². The second-order valence-electron chi connectivity index (χ2n) is 3.94. The predicted molar refractivity (Wildman–Crippen MR) is 70.7 cm³/mol. The Kier molecular flexibility index (Phi) is 4.09. The van der Waals surface area contributed by atoms with Crippen LogP contribution in [0.2, 0.25) is 0 Å². The molecule has 1 unspecified atom stereocenters. The van der Waals surface area contributed by atoms with Crippen molar-refractivity contribution in [3.05, 3.63) is 46.7 Å². The first kappa shape index (κ1) is 12.8. The number of hydrogen-bond donors (Lipinski definition) is 1. The van der Waals surface area contributed by atoms with E-state index in [1.165, 1.54) is 4.68 Å². The van der Waals surface area contributed by atoms with Crippen molar-refractivity contribution in [2.24, 2.45) is 0 Å². The second-order valence-corrected chi connectivity index (χ2v) is 4.86. The molecular weight excluding hydrogens is 296 g/mol. The van der Waals surface area contributed by atoms with Crippen molar-refractivity contribution >= 4 is 21.8 Å². The van der Waals surface area contributed by atoms with E-state index in [2.05, 4.69) is 31.6 Å². The van der Waals surface area contributed by atoms with Gasteiger partial charge < -0.3 is 5.32 Å². The van der Waals surface area contributed by atoms with Crippen LogP contribution in [0.25, 0.3) is 0 Å². The summed E-state index contributed by atoms with van der Waals surface area (Å²) in [6.45, 7) is 2.13. The van der Waals surface area contributed by atoms with Gasteiger partial charge in [-0.05, 0) is 24.6 Å². The van der Waals surface area contributed by atoms with Crippen molar-refractivity contribution in [2.45, 2.75) is 19.5 Å². The maximum Gasteiger partial charge on any atom is 0.242 e. The van der Waals surface area contributed by atoms with Gasteiger partial charge in [-0.2, -0.15) is 0 Å². The molecular formula is C12H13BrN4O. The zero-order valence-corrected chi connectivity index (χ0v) is 11.5. The SMILES string of the molecule is CC(NC(=O)Cn1ccnn1)c1ccc(Br)cc1. The van der Waals surface area contributed by atoms with E-state index < -0.39 is 0 Å². The lowest BCUT2D eigenvalue weighted by Gasteiger charge is -2.14. The van der Waals surface area contributed by atoms with E-state index in [-0.39, 0.29) is 18.5 Å². The number of nitrogens with one attached hydrogen (secondary N) is 1. The lowest BCUT2D eigenvalue weighted by molar-refractivity contribution is -0.122. The van der Waals surface area contributed by atoms with Crippen molar-refractivity contribution in [1.29, 1.82) is 0 Å². The average molecular weight is 309 g/mol. The van der Waals surface area contributed by atoms with Gasteiger partial charge in [-0.1, -0.05) is 33.3 Å². The van der Waals surface area contributed by atoms with Crippen LogP contribution in [0, 0.1) is 0 Å². The fourth-order valence-electron chi connectivity index (χ4n) is 1.59. The fraction of sp³-hybridized carbons (Fsp3) is 0.250. The molecule has 0 radical (unpaired) electrons. The zero-order chi connectivity index (χ0) is 13.0. The monoisotopic (exact) mass is 308 g/mol. The van der Waals surface area contributed by atoms with E-state index in [0.29, 0.717) is 0 Å². The topological polar surface area (TPSA) is 59.8 Å². The summed E-state index contributed by atoms with van der Waals surface area (Å²) in [7, 11) is 0. The Balaban J connectivity index is 1.92. The molecule has 0 aliphatic carbocycles. The number of hydrogen-bond acceptors (Lipinski definition) is 3. The van der Waals surface area contributed by atoms with Gasteiger partial charge in [-0.3, -0.25) is 4.79 Å². The third-order valence-electron chi connectivity index (χ3n) is 2.53. The van der Waals surface area contributed by atoms with Gasteiger partial charge in [-0.25, -0.2) is 4.68 Å². The minimum Gasteiger partial charge on any atom is -0.348 e. The molecule has 0 spiro atoms. The number of rotatable bonds is 4. The van der Waals surface area contributed by atoms with Crippen LogP contribution in [0.1, 0.15) is 18.5 Å². The van der Waals surface area contributed by atoms with Crippen molar-refractivity contribution < 1.29 is 4.79 Å². The predicted octanol–water partition coefficient (Wildman–Crippen LogP) is 1.92. The van der Waals surface area contributed by atoms with E-state index in [0.717, 1.165) is 10.0 Å². The summed E-state index contributed by atoms with van der Waals surface area (Å²) < 4.78 is 2.51. The molecule has 1 N–H and O–H groups in total. The summed E-state index contributed by atoms with van der Waals surface area (Å²) in [5, 5.41) is 10.3. The molecule has 0 bridgehead atoms. The molecule has 0 saturated heterocycles. The van der Waals surface area contributed by atoms with Crippen molar-refractivity contribution in [1.82, 2.24) is 20.3 Å². The maximum absolute atomic E-state index is 11.8. The van der Waals surface area contributed by atoms with Crippen LogP contribution in [-0.2, 0) is 11.3 Å². The molecule has 0 aliphatic heterocycles. The van der Waals surface area contributed by atoms with Crippen molar-refractivity contribution in [3.63, 3.8) is 0 Å². The van der Waals surface area contributed by atoms with Crippen LogP contribution in [0.4, 0.5) is 0 Å². The largest absolute Gasteiger partial charge is 0.348 e. The number of halogens is 1. The van der Waals surface area contributed by atoms with E-state index >= 15 is 0 Å². The lowest BCUT2D eigenvalue weighted by atomic mass is 10.1. The average Bonchev–Trinajstić information content (AvgIpc) is 2.82. The zero-order valence-electron chi connectivity index (χ0n) is 9.88. The number of benzene rings is 1. The van der Waals surface area contributed by atoms with Gasteiger partial charge in [0.15, 0.2) is 0 Å². The molecule has 6 heteroatoms. The normalized spacial score (nSPS) is 12.1. The van der Waals surface area contributed by atoms with E-state index in [1.807, 2.05) is 31.2 Å². The van der Waals surface area contributed by atoms with Crippen LogP contribution >= 0.6 is 15.9 Å². The minimum absolute atomic E-state index is 0.0332. The van der Waals surface area contributed by atoms with Gasteiger partial charge >= 0.3 is 0 Å². The Morgan fingerprint density at radius 1 is 1.44 bits per heavy atom. The highest BCUT2D eigenvalue weighted by Gasteiger charge is 2.10. The molecule has 18 heavy (non-hydrogen) atoms. The highest BCUT2D eigenvalue weighted by atomic mass is 79.9. The van der Waals surface area contributed by atoms with Crippen LogP contribution < -0.4 is 5.32 Å². The highest BCUT2D eigenvalue weighted by molar-refractivity contribution is 9.10. The summed E-state index contributed by atoms with van der Waals surface area (Å²) in [5.74, 6) is -0.0871. The summed E-state index contributed by atoms with van der Waals surface area (Å²) in [5.41, 5.74) is 1.06. The molecule has 0 fully saturated rings. The third-order valence-corrected chi connectivity index (χ3v) is 3.05. The number of carbonyl (C=O) groups is 1. The van der Waals surface area contributed by atoms with E-state index in [9.17, 15) is 4.79 Å². The molecule has 1 amide bonds. The molecule has 2 rings (SSSR count). The Hall–Kier alpha value is -1.69. The summed E-state index contributed by atoms with van der Waals surface area (Å²) >= 11 is 3.38. The van der Waals surface area contributed by atoms with Crippen LogP contribution in [0.15, 0.2) is 41.1 Å². The summed E-state index contributed by atoms with van der Waals surface area (Å²) in [4.78, 5) is 11.8. The maximum atomic E-state index is 11.8. The second kappa shape index (κ2) is 5.77. The van der Waals surface area contributed by atoms with E-state index in [4.69, 9.17) is 0 Å². The Bertz CT molecular complexity index is 509. The Labute approximate surface area is 113 Å². The Morgan fingerprint density at radius 3 is 2.78 bits per heavy atom. The number of aromatic nitrogens is 3. The minimum atomic E-state index is -0.0871. The first-order valence-corrected chi connectivity index (χ1v) is 6.33. The van der Waals surface area contributed by atoms with Crippen LogP contribution in [0.5, 0.6) is 0 Å². The summed E-state index contributed by atoms with van der Waals surface area (Å²) in [6.07, 6.45) is 3.20. The van der Waals surface area contributed by atoms with Crippen molar-refractivity contribution in [3.8, 4) is 0 Å². The number of amides is 1. The molecule has 1 aromatic heterocycles. The van der Waals surface area contributed by atoms with Gasteiger partial charge in [0.25, 0.3) is 0 Å². The standard InChI is InChI=1S/C12H13BrN4O/c1-9(10-2-4-11(13)5-3-10)15-12(18)8-17-7-6-14-16-17/h2-7,9H,8H2,1H3,(H,15,18). The smallest absolute Gasteiger partial charge is 0.242 e. The first-order chi connectivity index (χ1) is 8.65. The molecule has 1 heterocycles. The lowest BCUT2D eigenvalue weighted by Crippen LogP contribution is -2.30. The molecule has 94 valence electrons. The highest BCUT2D eigenvalue weighted by Crippen LogP contribution is 2.16. The van der Waals surface area contributed by atoms with Gasteiger partial charge in [0.05, 0.1) is 12.2 Å². The quantitative estimate of drug-likeness (QED) is 0.938. The molecule has 0 saturated carbocycles. The molecule has 0 aliphatic rings. The van der Waals surface area contributed by atoms with Gasteiger partial charge in [0.1, 0.15) is 6.54 Å². The molecule has 1 atom stereocenters. The number of carbonyl (C=O) groups excluding carboxylic acids is 1. The Morgan fingerprint density at radius 2 is 2.17 bits per heavy atom. The van der Waals surface area contributed by atoms with Crippen molar-refractivity contribution in [2.75, 3.05) is 0 Å². The number of nitrogens with zero attached hydrogens (tertiary/aromatic N) is 3. The van der Waals surface area contributed by atoms with E-state index in [1.54, 1.807) is 12.4 Å². The summed E-state index contributed by atoms with van der Waals surface area (Å²) in [6, 6.07) is 7.83. The third kappa shape index (κ3) is 3.40. The molecule has 1 aromatic carbocycles. The van der Waals surface area contributed by atoms with Crippen LogP contribution in [-0.4, -0.2) is 20.9 Å². The van der Waals surface area contributed by atoms with Crippen LogP contribution in [0.3, 0.4) is 0 Å². The molecule has 2 aromatic rings. The first-order valence-electron chi connectivity index (χ1n) is 5.54. The van der Waals surface area contributed by atoms with Gasteiger partial charge in [-0.15, -0.1) is 5.10 Å². The van der Waals surface area contributed by atoms with Gasteiger partial charge in [0.2, 0.25) is 5.91 Å². The fourth-order valence-corrected chi connectivity index (χ4v) is 1.85. The molecule has 5 nitrogen and oxygen atoms in total.